The summed E-state index contributed by atoms with van der Waals surface area (Å²) >= 11 is 6.56. The second kappa shape index (κ2) is 13.9. The van der Waals surface area contributed by atoms with Crippen molar-refractivity contribution in [2.45, 2.75) is 37.5 Å². The fraction of sp³-hybridized carbons (Fsp3) is 0.412. The van der Waals surface area contributed by atoms with Gasteiger partial charge in [0.1, 0.15) is 23.7 Å². The molecule has 0 saturated carbocycles. The van der Waals surface area contributed by atoms with E-state index >= 15 is 4.39 Å². The van der Waals surface area contributed by atoms with Crippen LogP contribution in [0.1, 0.15) is 19.3 Å². The minimum Gasteiger partial charge on any atom is -0.463 e. The van der Waals surface area contributed by atoms with Crippen LogP contribution in [0.2, 0.25) is 5.02 Å². The number of alkyl halides is 1. The van der Waals surface area contributed by atoms with Gasteiger partial charge in [0.2, 0.25) is 5.91 Å². The van der Waals surface area contributed by atoms with Gasteiger partial charge in [-0.2, -0.15) is 15.2 Å². The van der Waals surface area contributed by atoms with Crippen LogP contribution in [0.5, 0.6) is 6.01 Å². The summed E-state index contributed by atoms with van der Waals surface area (Å²) in [4.78, 5) is 36.7. The molecule has 0 aliphatic carbocycles. The van der Waals surface area contributed by atoms with E-state index in [4.69, 9.17) is 26.1 Å². The number of aromatic nitrogens is 4. The second-order valence-corrected chi connectivity index (χ2v) is 12.5. The molecule has 0 N–H and O–H groups in total. The third-order valence-corrected chi connectivity index (χ3v) is 9.52. The van der Waals surface area contributed by atoms with Gasteiger partial charge in [0.25, 0.3) is 0 Å². The highest BCUT2D eigenvalue weighted by Crippen LogP contribution is 2.37. The average Bonchev–Trinajstić information content (AvgIpc) is 3.73. The van der Waals surface area contributed by atoms with Gasteiger partial charge < -0.3 is 19.3 Å². The number of allylic oxidation sites excluding steroid dienone is 1. The lowest BCUT2D eigenvalue weighted by atomic mass is 10.0. The van der Waals surface area contributed by atoms with Crippen LogP contribution >= 0.6 is 11.6 Å². The lowest BCUT2D eigenvalue weighted by Gasteiger charge is -2.41. The number of carbonyl (C=O) groups is 1. The van der Waals surface area contributed by atoms with E-state index in [1.807, 2.05) is 11.0 Å². The normalized spacial score (nSPS) is 21.1. The van der Waals surface area contributed by atoms with Crippen LogP contribution in [0.25, 0.3) is 32.9 Å². The van der Waals surface area contributed by atoms with Crippen molar-refractivity contribution in [3.63, 3.8) is 0 Å². The first-order valence-corrected chi connectivity index (χ1v) is 16.3. The van der Waals surface area contributed by atoms with Crippen molar-refractivity contribution in [3.8, 4) is 23.3 Å². The maximum atomic E-state index is 16.7. The minimum absolute atomic E-state index is 0.00937. The van der Waals surface area contributed by atoms with Crippen molar-refractivity contribution >= 4 is 45.0 Å². The summed E-state index contributed by atoms with van der Waals surface area (Å²) in [6.07, 6.45) is 9.17. The number of likely N-dealkylation sites (tertiary alicyclic amines) is 1. The third kappa shape index (κ3) is 6.23. The molecule has 1 unspecified atom stereocenters. The molecule has 3 saturated heterocycles. The van der Waals surface area contributed by atoms with Gasteiger partial charge in [0, 0.05) is 84.8 Å². The molecule has 14 heteroatoms. The molecule has 248 valence electrons. The summed E-state index contributed by atoms with van der Waals surface area (Å²) < 4.78 is 41.2. The van der Waals surface area contributed by atoms with Gasteiger partial charge in [0.05, 0.1) is 43.2 Å². The molecular formula is C34H33ClF2N8O3. The Morgan fingerprint density at radius 2 is 2.10 bits per heavy atom. The van der Waals surface area contributed by atoms with E-state index < -0.39 is 18.5 Å². The van der Waals surface area contributed by atoms with Crippen LogP contribution in [0.15, 0.2) is 48.9 Å². The Bertz CT molecular complexity index is 1920. The zero-order chi connectivity index (χ0) is 33.2. The van der Waals surface area contributed by atoms with Crippen molar-refractivity contribution in [3.05, 3.63) is 59.8 Å². The van der Waals surface area contributed by atoms with E-state index in [0.29, 0.717) is 52.5 Å². The van der Waals surface area contributed by atoms with Crippen LogP contribution < -0.4 is 9.64 Å². The molecule has 3 fully saturated rings. The van der Waals surface area contributed by atoms with Crippen LogP contribution in [0, 0.1) is 17.1 Å². The number of rotatable bonds is 10. The number of pyridine rings is 2. The maximum Gasteiger partial charge on any atom is 0.319 e. The molecule has 3 aliphatic heterocycles. The number of fused-ring (bicyclic) bond motifs is 4. The molecule has 4 aromatic rings. The van der Waals surface area contributed by atoms with Gasteiger partial charge in [-0.15, -0.1) is 0 Å². The van der Waals surface area contributed by atoms with Crippen molar-refractivity contribution in [1.82, 2.24) is 29.7 Å². The van der Waals surface area contributed by atoms with Crippen LogP contribution in [0.4, 0.5) is 14.6 Å². The Morgan fingerprint density at radius 3 is 2.90 bits per heavy atom. The average molecular weight is 675 g/mol. The number of hydrogen-bond donors (Lipinski definition) is 0. The van der Waals surface area contributed by atoms with Gasteiger partial charge in [-0.25, -0.2) is 8.78 Å². The van der Waals surface area contributed by atoms with Crippen molar-refractivity contribution in [1.29, 1.82) is 5.26 Å². The number of ether oxygens (including phenoxy) is 2. The Hall–Kier alpha value is -4.51. The number of morpholine rings is 1. The molecule has 1 amide bonds. The summed E-state index contributed by atoms with van der Waals surface area (Å²) in [5.74, 6) is -0.672. The van der Waals surface area contributed by atoms with E-state index in [9.17, 15) is 14.4 Å². The summed E-state index contributed by atoms with van der Waals surface area (Å²) in [7, 11) is 0. The number of hydrogen-bond acceptors (Lipinski definition) is 10. The Morgan fingerprint density at radius 1 is 1.21 bits per heavy atom. The van der Waals surface area contributed by atoms with E-state index in [1.54, 1.807) is 23.2 Å². The van der Waals surface area contributed by atoms with Gasteiger partial charge in [-0.1, -0.05) is 23.7 Å². The fourth-order valence-corrected chi connectivity index (χ4v) is 7.21. The highest BCUT2D eigenvalue weighted by Gasteiger charge is 2.38. The monoisotopic (exact) mass is 674 g/mol. The number of carbonyl (C=O) groups excluding carboxylic acids is 1. The van der Waals surface area contributed by atoms with Crippen molar-refractivity contribution < 1.29 is 23.0 Å². The Kier molecular flexibility index (Phi) is 9.30. The summed E-state index contributed by atoms with van der Waals surface area (Å²) in [5, 5.41) is 11.7. The standard InChI is InChI=1S/C34H33ClF2N8O3/c35-27-5-1-4-21-15-39-16-25(29(21)27)31-30(37)32-26(17-40-31)33(44-11-12-45(22(18-44)7-9-38)28(46)6-2-8-36)42-34(41-32)47-13-3-10-43-19-24-14-23(43)20-48-24/h1-2,4-6,15-17,22-24H,3,7-8,10-14,18-20H2/b6-2+/t22-,23-,24?/m0/s1. The highest BCUT2D eigenvalue weighted by atomic mass is 35.5. The van der Waals surface area contributed by atoms with Gasteiger partial charge in [-0.05, 0) is 25.0 Å². The van der Waals surface area contributed by atoms with Gasteiger partial charge >= 0.3 is 6.01 Å². The fourth-order valence-electron chi connectivity index (χ4n) is 6.93. The summed E-state index contributed by atoms with van der Waals surface area (Å²) in [5.41, 5.74) is 0.471. The zero-order valence-corrected chi connectivity index (χ0v) is 26.8. The Labute approximate surface area is 280 Å². The molecule has 0 radical (unpaired) electrons. The molecule has 7 rings (SSSR count). The molecule has 2 bridgehead atoms. The highest BCUT2D eigenvalue weighted by molar-refractivity contribution is 6.36. The molecule has 1 aromatic carbocycles. The first-order chi connectivity index (χ1) is 23.4. The largest absolute Gasteiger partial charge is 0.463 e. The van der Waals surface area contributed by atoms with Crippen LogP contribution in [-0.2, 0) is 9.53 Å². The quantitative estimate of drug-likeness (QED) is 0.172. The number of halogens is 3. The molecule has 3 aromatic heterocycles. The lowest BCUT2D eigenvalue weighted by Crippen LogP contribution is -2.55. The second-order valence-electron chi connectivity index (χ2n) is 12.1. The predicted octanol–water partition coefficient (Wildman–Crippen LogP) is 4.73. The van der Waals surface area contributed by atoms with Crippen molar-refractivity contribution in [2.24, 2.45) is 0 Å². The number of piperazine rings is 1. The number of amides is 1. The first kappa shape index (κ1) is 32.1. The van der Waals surface area contributed by atoms with E-state index in [2.05, 4.69) is 25.9 Å². The number of benzene rings is 1. The van der Waals surface area contributed by atoms with Crippen molar-refractivity contribution in [2.75, 3.05) is 57.5 Å². The topological polar surface area (TPSA) is 121 Å². The SMILES string of the molecule is N#CC[C@H]1CN(c2nc(OCCCN3CC4C[C@H]3CO4)nc3c(F)c(-c4cncc5cccc(Cl)c45)ncc23)CCN1C(=O)/C=C/CF. The molecule has 3 atom stereocenters. The molecule has 3 aliphatic rings. The van der Waals surface area contributed by atoms with E-state index in [1.165, 1.54) is 18.5 Å². The summed E-state index contributed by atoms with van der Waals surface area (Å²) in [6, 6.07) is 7.47. The smallest absolute Gasteiger partial charge is 0.319 e. The number of anilines is 1. The minimum atomic E-state index is -0.764. The Balaban J connectivity index is 1.23. The third-order valence-electron chi connectivity index (χ3n) is 9.21. The molecule has 0 spiro atoms. The van der Waals surface area contributed by atoms with Crippen LogP contribution in [0.3, 0.4) is 0 Å². The zero-order valence-electron chi connectivity index (χ0n) is 26.1. The lowest BCUT2D eigenvalue weighted by molar-refractivity contribution is -0.128. The van der Waals surface area contributed by atoms with Gasteiger partial charge in [-0.3, -0.25) is 19.7 Å². The van der Waals surface area contributed by atoms with E-state index in [-0.39, 0.29) is 42.6 Å². The first-order valence-electron chi connectivity index (χ1n) is 16.0. The maximum absolute atomic E-state index is 16.7. The van der Waals surface area contributed by atoms with E-state index in [0.717, 1.165) is 44.0 Å². The molecule has 11 nitrogen and oxygen atoms in total. The number of nitriles is 1. The molecule has 48 heavy (non-hydrogen) atoms. The van der Waals surface area contributed by atoms with Gasteiger partial charge in [0.15, 0.2) is 5.82 Å². The predicted molar refractivity (Wildman–Crippen MR) is 176 cm³/mol. The summed E-state index contributed by atoms with van der Waals surface area (Å²) in [6.45, 7) is 2.88. The molecular weight excluding hydrogens is 642 g/mol. The van der Waals surface area contributed by atoms with Crippen LogP contribution in [-0.4, -0.2) is 106 Å². The number of nitrogens with zero attached hydrogens (tertiary/aromatic N) is 8. The molecule has 6 heterocycles.